The number of halogens is 1. The van der Waals surface area contributed by atoms with Crippen LogP contribution in [0.1, 0.15) is 11.3 Å². The largest absolute Gasteiger partial charge is 0.493 e. The van der Waals surface area contributed by atoms with Crippen LogP contribution in [0.4, 0.5) is 5.69 Å². The molecule has 7 nitrogen and oxygen atoms in total. The normalized spacial score (nSPS) is 10.8. The van der Waals surface area contributed by atoms with Gasteiger partial charge >= 0.3 is 0 Å². The lowest BCUT2D eigenvalue weighted by Gasteiger charge is -2.11. The van der Waals surface area contributed by atoms with Crippen LogP contribution in [0.3, 0.4) is 0 Å². The number of nitrogens with two attached hydrogens (primary N) is 1. The van der Waals surface area contributed by atoms with Gasteiger partial charge in [0.2, 0.25) is 0 Å². The molecule has 2 rings (SSSR count). The lowest BCUT2D eigenvalue weighted by Crippen LogP contribution is -2.25. The number of methoxy groups -OCH3 is 2. The quantitative estimate of drug-likeness (QED) is 0.408. The molecule has 1 aromatic carbocycles. The van der Waals surface area contributed by atoms with Crippen LogP contribution < -0.4 is 26.1 Å². The minimum atomic E-state index is -0.0716. The first-order valence-corrected chi connectivity index (χ1v) is 7.40. The molecule has 0 saturated carbocycles. The highest BCUT2D eigenvalue weighted by atomic mass is 127. The number of hydrogen-bond donors (Lipinski definition) is 2. The lowest BCUT2D eigenvalue weighted by molar-refractivity contribution is 0.355. The number of hydrogen-bond acceptors (Lipinski definition) is 4. The molecule has 3 N–H and O–H groups in total. The Morgan fingerprint density at radius 3 is 2.52 bits per heavy atom. The summed E-state index contributed by atoms with van der Waals surface area (Å²) in [5.41, 5.74) is 8.01. The standard InChI is InChI=1S/C17H22N4O3.HI/c1-11-5-6-12(16(22)21(11)2)10-19-17(18)20-13-7-8-14(23-3)15(9-13)24-4;/h5-9H,10H2,1-4H3,(H3,18,19,20);1H. The minimum Gasteiger partial charge on any atom is -0.493 e. The van der Waals surface area contributed by atoms with Crippen LogP contribution in [-0.4, -0.2) is 24.7 Å². The first-order valence-electron chi connectivity index (χ1n) is 7.40. The monoisotopic (exact) mass is 458 g/mol. The van der Waals surface area contributed by atoms with Crippen LogP contribution in [0.15, 0.2) is 40.1 Å². The Morgan fingerprint density at radius 2 is 1.88 bits per heavy atom. The van der Waals surface area contributed by atoms with Crippen molar-refractivity contribution in [3.8, 4) is 11.5 Å². The van der Waals surface area contributed by atoms with Crippen molar-refractivity contribution in [2.24, 2.45) is 17.8 Å². The Bertz CT molecular complexity index is 818. The maximum Gasteiger partial charge on any atom is 0.255 e. The summed E-state index contributed by atoms with van der Waals surface area (Å²) in [6.07, 6.45) is 0. The highest BCUT2D eigenvalue weighted by Gasteiger charge is 2.06. The van der Waals surface area contributed by atoms with Crippen LogP contribution in [0.5, 0.6) is 11.5 Å². The molecule has 0 bridgehead atoms. The Balaban J connectivity index is 0.00000312. The number of ether oxygens (including phenoxy) is 2. The number of nitrogens with zero attached hydrogens (tertiary/aromatic N) is 2. The summed E-state index contributed by atoms with van der Waals surface area (Å²) >= 11 is 0. The zero-order valence-corrected chi connectivity index (χ0v) is 17.0. The number of aromatic nitrogens is 1. The van der Waals surface area contributed by atoms with Crippen molar-refractivity contribution in [2.75, 3.05) is 19.5 Å². The molecule has 0 atom stereocenters. The van der Waals surface area contributed by atoms with E-state index in [4.69, 9.17) is 15.2 Å². The van der Waals surface area contributed by atoms with Crippen molar-refractivity contribution in [3.63, 3.8) is 0 Å². The maximum atomic E-state index is 12.1. The average Bonchev–Trinajstić information content (AvgIpc) is 2.59. The molecule has 0 unspecified atom stereocenters. The zero-order valence-electron chi connectivity index (χ0n) is 14.7. The van der Waals surface area contributed by atoms with Crippen molar-refractivity contribution in [3.05, 3.63) is 51.9 Å². The molecule has 0 aliphatic carbocycles. The molecule has 1 aromatic heterocycles. The summed E-state index contributed by atoms with van der Waals surface area (Å²) in [7, 11) is 4.87. The number of aliphatic imine (C=N–C) groups is 1. The summed E-state index contributed by atoms with van der Waals surface area (Å²) in [6, 6.07) is 8.97. The highest BCUT2D eigenvalue weighted by molar-refractivity contribution is 14.0. The Kier molecular flexibility index (Phi) is 7.75. The van der Waals surface area contributed by atoms with Crippen molar-refractivity contribution >= 4 is 35.6 Å². The summed E-state index contributed by atoms with van der Waals surface area (Å²) in [6.45, 7) is 2.08. The molecule has 0 radical (unpaired) electrons. The van der Waals surface area contributed by atoms with E-state index in [2.05, 4.69) is 10.3 Å². The second-order valence-electron chi connectivity index (χ2n) is 5.26. The predicted octanol–water partition coefficient (Wildman–Crippen LogP) is 2.26. The SMILES string of the molecule is COc1ccc(NC(N)=NCc2ccc(C)n(C)c2=O)cc1OC.I. The van der Waals surface area contributed by atoms with Gasteiger partial charge in [-0.2, -0.15) is 0 Å². The summed E-state index contributed by atoms with van der Waals surface area (Å²) in [5, 5.41) is 2.97. The molecule has 8 heteroatoms. The highest BCUT2D eigenvalue weighted by Crippen LogP contribution is 2.29. The fourth-order valence-electron chi connectivity index (χ4n) is 2.17. The molecule has 0 aliphatic rings. The number of anilines is 1. The minimum absolute atomic E-state index is 0. The summed E-state index contributed by atoms with van der Waals surface area (Å²) in [5.74, 6) is 1.43. The van der Waals surface area contributed by atoms with Gasteiger partial charge in [-0.05, 0) is 31.2 Å². The van der Waals surface area contributed by atoms with Gasteiger partial charge in [0.05, 0.1) is 20.8 Å². The van der Waals surface area contributed by atoms with Crippen molar-refractivity contribution in [2.45, 2.75) is 13.5 Å². The van der Waals surface area contributed by atoms with Crippen LogP contribution in [0.25, 0.3) is 0 Å². The van der Waals surface area contributed by atoms with E-state index in [1.807, 2.05) is 13.0 Å². The maximum absolute atomic E-state index is 12.1. The van der Waals surface area contributed by atoms with E-state index < -0.39 is 0 Å². The number of aryl methyl sites for hydroxylation is 1. The summed E-state index contributed by atoms with van der Waals surface area (Å²) in [4.78, 5) is 16.3. The Labute approximate surface area is 163 Å². The van der Waals surface area contributed by atoms with Crippen LogP contribution >= 0.6 is 24.0 Å². The molecule has 0 fully saturated rings. The predicted molar refractivity (Wildman–Crippen MR) is 110 cm³/mol. The van der Waals surface area contributed by atoms with Crippen molar-refractivity contribution in [1.82, 2.24) is 4.57 Å². The molecule has 0 saturated heterocycles. The van der Waals surface area contributed by atoms with E-state index in [1.54, 1.807) is 50.1 Å². The lowest BCUT2D eigenvalue weighted by atomic mass is 10.2. The second kappa shape index (κ2) is 9.30. The smallest absolute Gasteiger partial charge is 0.255 e. The fraction of sp³-hybridized carbons (Fsp3) is 0.294. The molecule has 25 heavy (non-hydrogen) atoms. The third-order valence-corrected chi connectivity index (χ3v) is 3.71. The first kappa shape index (κ1) is 20.8. The van der Waals surface area contributed by atoms with Gasteiger partial charge < -0.3 is 25.1 Å². The molecular weight excluding hydrogens is 435 g/mol. The molecule has 0 aliphatic heterocycles. The van der Waals surface area contributed by atoms with Gasteiger partial charge in [-0.25, -0.2) is 4.99 Å². The number of guanidine groups is 1. The first-order chi connectivity index (χ1) is 11.5. The summed E-state index contributed by atoms with van der Waals surface area (Å²) < 4.78 is 12.0. The number of benzene rings is 1. The number of rotatable bonds is 5. The zero-order chi connectivity index (χ0) is 17.7. The fourth-order valence-corrected chi connectivity index (χ4v) is 2.17. The molecule has 0 amide bonds. The van der Waals surface area contributed by atoms with E-state index in [1.165, 1.54) is 0 Å². The van der Waals surface area contributed by atoms with Crippen LogP contribution in [0.2, 0.25) is 0 Å². The van der Waals surface area contributed by atoms with Gasteiger partial charge in [0, 0.05) is 30.1 Å². The van der Waals surface area contributed by atoms with E-state index in [0.29, 0.717) is 22.7 Å². The molecule has 2 aromatic rings. The second-order valence-corrected chi connectivity index (χ2v) is 5.26. The third kappa shape index (κ3) is 5.12. The number of pyridine rings is 1. The van der Waals surface area contributed by atoms with Gasteiger partial charge in [-0.15, -0.1) is 24.0 Å². The topological polar surface area (TPSA) is 90.9 Å². The number of nitrogens with one attached hydrogen (secondary N) is 1. The van der Waals surface area contributed by atoms with Crippen LogP contribution in [-0.2, 0) is 13.6 Å². The van der Waals surface area contributed by atoms with E-state index in [9.17, 15) is 4.79 Å². The average molecular weight is 458 g/mol. The van der Waals surface area contributed by atoms with E-state index in [-0.39, 0.29) is 42.0 Å². The van der Waals surface area contributed by atoms with Gasteiger partial charge in [-0.1, -0.05) is 0 Å². The molecule has 0 spiro atoms. The van der Waals surface area contributed by atoms with Gasteiger partial charge in [0.1, 0.15) is 0 Å². The van der Waals surface area contributed by atoms with E-state index >= 15 is 0 Å². The van der Waals surface area contributed by atoms with Gasteiger partial charge in [0.15, 0.2) is 17.5 Å². The van der Waals surface area contributed by atoms with Crippen LogP contribution in [0, 0.1) is 6.92 Å². The Morgan fingerprint density at radius 1 is 1.20 bits per heavy atom. The molecular formula is C17H23IN4O3. The molecule has 136 valence electrons. The van der Waals surface area contributed by atoms with Crippen molar-refractivity contribution in [1.29, 1.82) is 0 Å². The van der Waals surface area contributed by atoms with Gasteiger partial charge in [-0.3, -0.25) is 4.79 Å². The van der Waals surface area contributed by atoms with Crippen molar-refractivity contribution < 1.29 is 9.47 Å². The molecule has 1 heterocycles. The van der Waals surface area contributed by atoms with Gasteiger partial charge in [0.25, 0.3) is 5.56 Å². The van der Waals surface area contributed by atoms with E-state index in [0.717, 1.165) is 5.69 Å². The Hall–Kier alpha value is -2.23. The third-order valence-electron chi connectivity index (χ3n) is 3.71.